The quantitative estimate of drug-likeness (QED) is 0.648. The van der Waals surface area contributed by atoms with Gasteiger partial charge in [-0.15, -0.1) is 0 Å². The molecule has 33 heavy (non-hydrogen) atoms. The predicted octanol–water partition coefficient (Wildman–Crippen LogP) is 3.46. The van der Waals surface area contributed by atoms with Gasteiger partial charge in [-0.2, -0.15) is 0 Å². The number of fused-ring (bicyclic) bond motifs is 1. The first-order chi connectivity index (χ1) is 15.8. The summed E-state index contributed by atoms with van der Waals surface area (Å²) in [5, 5.41) is -0.306. The van der Waals surface area contributed by atoms with Crippen LogP contribution in [0.25, 0.3) is 0 Å². The molecule has 1 aromatic carbocycles. The third kappa shape index (κ3) is 3.42. The summed E-state index contributed by atoms with van der Waals surface area (Å²) in [4.78, 5) is 31.9. The zero-order valence-corrected chi connectivity index (χ0v) is 18.8. The van der Waals surface area contributed by atoms with Crippen LogP contribution >= 0.6 is 11.6 Å². The number of nitrogens with zero attached hydrogens (tertiary/aromatic N) is 2. The van der Waals surface area contributed by atoms with Crippen molar-refractivity contribution in [1.29, 1.82) is 0 Å². The lowest BCUT2D eigenvalue weighted by Gasteiger charge is -2.44. The molecule has 0 spiro atoms. The molecule has 0 radical (unpaired) electrons. The molecule has 1 aromatic heterocycles. The van der Waals surface area contributed by atoms with Gasteiger partial charge in [0.05, 0.1) is 23.8 Å². The average Bonchev–Trinajstić information content (AvgIpc) is 3.37. The molecule has 5 rings (SSSR count). The van der Waals surface area contributed by atoms with Gasteiger partial charge in [0.15, 0.2) is 0 Å². The van der Waals surface area contributed by atoms with Crippen molar-refractivity contribution >= 4 is 23.4 Å². The van der Waals surface area contributed by atoms with E-state index in [2.05, 4.69) is 4.98 Å². The monoisotopic (exact) mass is 475 g/mol. The molecule has 4 atom stereocenters. The fraction of sp³-hybridized carbons (Fsp3) is 0.458. The van der Waals surface area contributed by atoms with Gasteiger partial charge < -0.3 is 15.4 Å². The van der Waals surface area contributed by atoms with Gasteiger partial charge in [-0.05, 0) is 60.6 Å². The van der Waals surface area contributed by atoms with Crippen LogP contribution in [0.2, 0.25) is 5.02 Å². The van der Waals surface area contributed by atoms with Crippen LogP contribution in [0, 0.1) is 23.5 Å². The molecular weight excluding hydrogens is 452 g/mol. The number of pyridine rings is 1. The van der Waals surface area contributed by atoms with Crippen LogP contribution in [0.15, 0.2) is 30.5 Å². The van der Waals surface area contributed by atoms with Crippen LogP contribution in [0.3, 0.4) is 0 Å². The molecule has 3 unspecified atom stereocenters. The summed E-state index contributed by atoms with van der Waals surface area (Å²) in [7, 11) is 0. The number of carbonyl (C=O) groups is 2. The number of nitrogens with two attached hydrogens (primary N) is 1. The van der Waals surface area contributed by atoms with E-state index in [1.165, 1.54) is 4.90 Å². The van der Waals surface area contributed by atoms with Crippen molar-refractivity contribution in [2.24, 2.45) is 17.6 Å². The first-order valence-corrected chi connectivity index (χ1v) is 11.5. The minimum atomic E-state index is -0.865. The number of amides is 2. The minimum Gasteiger partial charge on any atom is -0.381 e. The third-order valence-electron chi connectivity index (χ3n) is 7.44. The van der Waals surface area contributed by atoms with Crippen LogP contribution in [0.4, 0.5) is 8.78 Å². The van der Waals surface area contributed by atoms with Gasteiger partial charge >= 0.3 is 0 Å². The fourth-order valence-corrected chi connectivity index (χ4v) is 5.93. The topological polar surface area (TPSA) is 85.5 Å². The van der Waals surface area contributed by atoms with Crippen LogP contribution in [0.5, 0.6) is 0 Å². The summed E-state index contributed by atoms with van der Waals surface area (Å²) >= 11 is 5.80. The van der Waals surface area contributed by atoms with E-state index in [1.54, 1.807) is 12.3 Å². The van der Waals surface area contributed by atoms with E-state index in [0.717, 1.165) is 17.7 Å². The van der Waals surface area contributed by atoms with E-state index in [9.17, 15) is 14.0 Å². The maximum atomic E-state index is 15.1. The van der Waals surface area contributed by atoms with Gasteiger partial charge in [0.25, 0.3) is 5.91 Å². The number of hydrogen-bond acceptors (Lipinski definition) is 4. The van der Waals surface area contributed by atoms with Crippen LogP contribution in [-0.2, 0) is 16.0 Å². The lowest BCUT2D eigenvalue weighted by Crippen LogP contribution is -2.55. The van der Waals surface area contributed by atoms with Crippen LogP contribution in [-0.4, -0.2) is 46.5 Å². The fourth-order valence-electron chi connectivity index (χ4n) is 5.78. The van der Waals surface area contributed by atoms with Gasteiger partial charge in [-0.1, -0.05) is 18.5 Å². The maximum Gasteiger partial charge on any atom is 0.273 e. The average molecular weight is 476 g/mol. The second-order valence-corrected chi connectivity index (χ2v) is 9.59. The lowest BCUT2D eigenvalue weighted by molar-refractivity contribution is -0.123. The summed E-state index contributed by atoms with van der Waals surface area (Å²) in [5.74, 6) is -3.17. The Bertz CT molecular complexity index is 1140. The first-order valence-electron chi connectivity index (χ1n) is 11.1. The number of halogens is 3. The molecule has 1 aliphatic carbocycles. The molecular formula is C24H24ClF2N3O3. The highest BCUT2D eigenvalue weighted by atomic mass is 35.5. The molecule has 3 aliphatic rings. The number of piperidine rings is 1. The van der Waals surface area contributed by atoms with E-state index in [0.29, 0.717) is 32.5 Å². The van der Waals surface area contributed by atoms with Gasteiger partial charge in [-0.3, -0.25) is 14.6 Å². The number of rotatable bonds is 6. The molecule has 0 bridgehead atoms. The Morgan fingerprint density at radius 3 is 2.70 bits per heavy atom. The maximum absolute atomic E-state index is 15.1. The van der Waals surface area contributed by atoms with Crippen molar-refractivity contribution in [3.63, 3.8) is 0 Å². The molecule has 3 fully saturated rings. The number of ether oxygens (including phenoxy) is 1. The standard InChI is InChI=1S/C24H24ClF2N3O3/c1-2-12-3-4-29-19(5-12)23(32)30-20(22(28)31)6-14-9-24(14,30)21(13-10-33-11-13)15-7-18(27)16(25)8-17(15)26/h3-5,7-8,13-14,20-21H,2,6,9-11H2,1H3,(H2,28,31)/t14?,20?,21-,24?/m1/s1. The van der Waals surface area contributed by atoms with Gasteiger partial charge in [-0.25, -0.2) is 8.78 Å². The first kappa shape index (κ1) is 22.2. The zero-order valence-electron chi connectivity index (χ0n) is 18.1. The number of carbonyl (C=O) groups excluding carboxylic acids is 2. The third-order valence-corrected chi connectivity index (χ3v) is 7.73. The van der Waals surface area contributed by atoms with E-state index in [1.807, 2.05) is 13.0 Å². The number of benzene rings is 1. The highest BCUT2D eigenvalue weighted by Crippen LogP contribution is 2.67. The summed E-state index contributed by atoms with van der Waals surface area (Å²) in [5.41, 5.74) is 6.12. The van der Waals surface area contributed by atoms with Gasteiger partial charge in [0.1, 0.15) is 23.4 Å². The molecule has 174 valence electrons. The Kier molecular flexibility index (Phi) is 5.40. The van der Waals surface area contributed by atoms with Crippen LogP contribution < -0.4 is 5.73 Å². The summed E-state index contributed by atoms with van der Waals surface area (Å²) in [6, 6.07) is 4.76. The molecule has 2 saturated heterocycles. The number of primary amides is 1. The number of hydrogen-bond donors (Lipinski definition) is 1. The van der Waals surface area contributed by atoms with Crippen molar-refractivity contribution in [3.05, 3.63) is 63.9 Å². The van der Waals surface area contributed by atoms with Crippen LogP contribution in [0.1, 0.15) is 47.3 Å². The molecule has 1 saturated carbocycles. The Balaban J connectivity index is 1.63. The summed E-state index contributed by atoms with van der Waals surface area (Å²) in [6.07, 6.45) is 3.23. The number of aryl methyl sites for hydroxylation is 1. The summed E-state index contributed by atoms with van der Waals surface area (Å²) in [6.45, 7) is 2.68. The highest BCUT2D eigenvalue weighted by molar-refractivity contribution is 6.30. The largest absolute Gasteiger partial charge is 0.381 e. The molecule has 9 heteroatoms. The Hall–Kier alpha value is -2.58. The molecule has 6 nitrogen and oxygen atoms in total. The molecule has 2 N–H and O–H groups in total. The SMILES string of the molecule is CCc1ccnc(C(=O)N2C(C(N)=O)CC3CC32[C@@H](c2cc(F)c(Cl)cc2F)C2COC2)c1. The second-order valence-electron chi connectivity index (χ2n) is 9.19. The van der Waals surface area contributed by atoms with Crippen molar-refractivity contribution in [1.82, 2.24) is 9.88 Å². The lowest BCUT2D eigenvalue weighted by atomic mass is 9.76. The minimum absolute atomic E-state index is 0.0583. The Morgan fingerprint density at radius 1 is 1.30 bits per heavy atom. The van der Waals surface area contributed by atoms with Crippen molar-refractivity contribution in [3.8, 4) is 0 Å². The van der Waals surface area contributed by atoms with Crippen molar-refractivity contribution in [2.45, 2.75) is 43.7 Å². The molecule has 2 aliphatic heterocycles. The summed E-state index contributed by atoms with van der Waals surface area (Å²) < 4.78 is 35.0. The van der Waals surface area contributed by atoms with E-state index < -0.39 is 40.9 Å². The van der Waals surface area contributed by atoms with Crippen molar-refractivity contribution < 1.29 is 23.1 Å². The second kappa shape index (κ2) is 8.02. The predicted molar refractivity (Wildman–Crippen MR) is 117 cm³/mol. The molecule has 3 heterocycles. The normalized spacial score (nSPS) is 27.1. The van der Waals surface area contributed by atoms with E-state index in [-0.39, 0.29) is 28.1 Å². The van der Waals surface area contributed by atoms with Gasteiger partial charge in [0.2, 0.25) is 5.91 Å². The van der Waals surface area contributed by atoms with Crippen molar-refractivity contribution in [2.75, 3.05) is 13.2 Å². The van der Waals surface area contributed by atoms with E-state index >= 15 is 4.39 Å². The van der Waals surface area contributed by atoms with Gasteiger partial charge in [0, 0.05) is 18.0 Å². The highest BCUT2D eigenvalue weighted by Gasteiger charge is 2.72. The Morgan fingerprint density at radius 2 is 2.06 bits per heavy atom. The van der Waals surface area contributed by atoms with E-state index in [4.69, 9.17) is 22.1 Å². The number of likely N-dealkylation sites (tertiary alicyclic amines) is 1. The smallest absolute Gasteiger partial charge is 0.273 e. The molecule has 2 amide bonds. The molecule has 2 aromatic rings. The number of aromatic nitrogens is 1. The Labute approximate surface area is 195 Å². The zero-order chi connectivity index (χ0) is 23.5.